The standard InChI is InChI=1S/C25H22F7NO2/c1-13-3-8-21(34)33-12-20(22(23(13)33)15-4-6-19(26)7-5-15)35-14(2)16-9-17(24(27,28)29)11-18(10-16)25(30,31)32/h4-7,9-11,14,20,22-23H,1,3,8,12H2,2H3/t14-,20+,22-,23+/m1/s1. The molecule has 0 radical (unpaired) electrons. The number of halogens is 7. The van der Waals surface area contributed by atoms with Crippen LogP contribution in [0.5, 0.6) is 0 Å². The molecular formula is C25H22F7NO2. The monoisotopic (exact) mass is 501 g/mol. The third-order valence-electron chi connectivity index (χ3n) is 6.56. The van der Waals surface area contributed by atoms with Crippen molar-refractivity contribution >= 4 is 5.91 Å². The summed E-state index contributed by atoms with van der Waals surface area (Å²) in [5.74, 6) is -1.13. The van der Waals surface area contributed by atoms with Gasteiger partial charge in [0.25, 0.3) is 0 Å². The second kappa shape index (κ2) is 8.96. The smallest absolute Gasteiger partial charge is 0.368 e. The number of ether oxygens (including phenoxy) is 1. The zero-order chi connectivity index (χ0) is 25.7. The number of carbonyl (C=O) groups excluding carboxylic acids is 1. The van der Waals surface area contributed by atoms with Gasteiger partial charge in [-0.05, 0) is 54.8 Å². The van der Waals surface area contributed by atoms with Crippen LogP contribution in [-0.2, 0) is 21.9 Å². The van der Waals surface area contributed by atoms with Crippen LogP contribution in [0, 0.1) is 5.82 Å². The summed E-state index contributed by atoms with van der Waals surface area (Å²) in [7, 11) is 0. The number of carbonyl (C=O) groups is 1. The number of hydrogen-bond donors (Lipinski definition) is 0. The summed E-state index contributed by atoms with van der Waals surface area (Å²) in [5.41, 5.74) is -1.76. The summed E-state index contributed by atoms with van der Waals surface area (Å²) in [6, 6.07) is 6.43. The number of fused-ring (bicyclic) bond motifs is 1. The van der Waals surface area contributed by atoms with Crippen molar-refractivity contribution in [1.29, 1.82) is 0 Å². The molecule has 0 bridgehead atoms. The summed E-state index contributed by atoms with van der Waals surface area (Å²) >= 11 is 0. The van der Waals surface area contributed by atoms with Crippen LogP contribution in [0.2, 0.25) is 0 Å². The highest BCUT2D eigenvalue weighted by molar-refractivity contribution is 5.79. The van der Waals surface area contributed by atoms with E-state index in [1.165, 1.54) is 31.2 Å². The lowest BCUT2D eigenvalue weighted by Gasteiger charge is -2.34. The van der Waals surface area contributed by atoms with Crippen LogP contribution in [0.25, 0.3) is 0 Å². The summed E-state index contributed by atoms with van der Waals surface area (Å²) in [6.07, 6.45) is -11.2. The number of rotatable bonds is 4. The summed E-state index contributed by atoms with van der Waals surface area (Å²) < 4.78 is 99.5. The van der Waals surface area contributed by atoms with Crippen LogP contribution >= 0.6 is 0 Å². The summed E-state index contributed by atoms with van der Waals surface area (Å²) in [5, 5.41) is 0. The largest absolute Gasteiger partial charge is 0.416 e. The van der Waals surface area contributed by atoms with Gasteiger partial charge in [0.1, 0.15) is 5.82 Å². The molecular weight excluding hydrogens is 479 g/mol. The molecule has 188 valence electrons. The lowest BCUT2D eigenvalue weighted by atomic mass is 9.83. The Kier molecular flexibility index (Phi) is 6.46. The Labute approximate surface area is 197 Å². The lowest BCUT2D eigenvalue weighted by molar-refractivity contribution is -0.143. The molecule has 0 aliphatic carbocycles. The fraction of sp³-hybridized carbons (Fsp3) is 0.400. The van der Waals surface area contributed by atoms with Gasteiger partial charge in [-0.1, -0.05) is 24.3 Å². The van der Waals surface area contributed by atoms with Crippen molar-refractivity contribution in [1.82, 2.24) is 4.90 Å². The van der Waals surface area contributed by atoms with Gasteiger partial charge in [0.2, 0.25) is 5.91 Å². The second-order valence-electron chi connectivity index (χ2n) is 8.88. The van der Waals surface area contributed by atoms with E-state index in [2.05, 4.69) is 6.58 Å². The van der Waals surface area contributed by atoms with E-state index in [0.717, 1.165) is 5.57 Å². The number of benzene rings is 2. The van der Waals surface area contributed by atoms with Gasteiger partial charge in [-0.3, -0.25) is 4.79 Å². The van der Waals surface area contributed by atoms with Gasteiger partial charge in [0, 0.05) is 18.9 Å². The molecule has 4 atom stereocenters. The van der Waals surface area contributed by atoms with Gasteiger partial charge >= 0.3 is 12.4 Å². The molecule has 2 aromatic carbocycles. The number of alkyl halides is 6. The first-order valence-electron chi connectivity index (χ1n) is 10.9. The minimum Gasteiger partial charge on any atom is -0.368 e. The van der Waals surface area contributed by atoms with Crippen molar-refractivity contribution < 1.29 is 40.3 Å². The Morgan fingerprint density at radius 3 is 2.09 bits per heavy atom. The average Bonchev–Trinajstić information content (AvgIpc) is 3.15. The zero-order valence-electron chi connectivity index (χ0n) is 18.6. The highest BCUT2D eigenvalue weighted by Crippen LogP contribution is 2.45. The van der Waals surface area contributed by atoms with E-state index in [9.17, 15) is 35.5 Å². The molecule has 35 heavy (non-hydrogen) atoms. The Balaban J connectivity index is 1.70. The van der Waals surface area contributed by atoms with Crippen molar-refractivity contribution in [2.24, 2.45) is 0 Å². The molecule has 2 aliphatic rings. The quantitative estimate of drug-likeness (QED) is 0.347. The second-order valence-corrected chi connectivity index (χ2v) is 8.88. The van der Waals surface area contributed by atoms with E-state index >= 15 is 0 Å². The SMILES string of the molecule is C=C1CCC(=O)N2C[C@H](O[C@H](C)c3cc(C(F)(F)F)cc(C(F)(F)F)c3)[C@@H](c3ccc(F)cc3)[C@H]12. The van der Waals surface area contributed by atoms with Crippen molar-refractivity contribution in [2.45, 2.75) is 56.3 Å². The number of hydrogen-bond acceptors (Lipinski definition) is 2. The Bertz CT molecular complexity index is 1090. The molecule has 2 aliphatic heterocycles. The molecule has 2 heterocycles. The molecule has 4 rings (SSSR count). The molecule has 0 saturated carbocycles. The van der Waals surface area contributed by atoms with E-state index < -0.39 is 53.5 Å². The number of piperidine rings is 1. The van der Waals surface area contributed by atoms with Gasteiger partial charge in [-0.15, -0.1) is 0 Å². The van der Waals surface area contributed by atoms with Gasteiger partial charge in [-0.2, -0.15) is 26.3 Å². The molecule has 10 heteroatoms. The number of amides is 1. The molecule has 0 spiro atoms. The van der Waals surface area contributed by atoms with Crippen LogP contribution in [0.3, 0.4) is 0 Å². The molecule has 2 saturated heterocycles. The van der Waals surface area contributed by atoms with Gasteiger partial charge in [0.15, 0.2) is 0 Å². The van der Waals surface area contributed by atoms with Crippen molar-refractivity contribution in [2.75, 3.05) is 6.54 Å². The average molecular weight is 501 g/mol. The minimum absolute atomic E-state index is 0.0655. The van der Waals surface area contributed by atoms with Gasteiger partial charge in [-0.25, -0.2) is 4.39 Å². The maximum atomic E-state index is 13.5. The van der Waals surface area contributed by atoms with Gasteiger partial charge < -0.3 is 9.64 Å². The Hall–Kier alpha value is -2.88. The fourth-order valence-corrected chi connectivity index (χ4v) is 4.87. The van der Waals surface area contributed by atoms with Crippen LogP contribution in [-0.4, -0.2) is 29.5 Å². The molecule has 0 aromatic heterocycles. The normalized spacial score (nSPS) is 24.0. The van der Waals surface area contributed by atoms with Crippen molar-refractivity contribution in [3.05, 3.63) is 82.7 Å². The zero-order valence-corrected chi connectivity index (χ0v) is 18.6. The van der Waals surface area contributed by atoms with E-state index in [-0.39, 0.29) is 30.5 Å². The summed E-state index contributed by atoms with van der Waals surface area (Å²) in [6.45, 7) is 5.51. The Morgan fingerprint density at radius 2 is 1.54 bits per heavy atom. The molecule has 2 fully saturated rings. The van der Waals surface area contributed by atoms with Crippen molar-refractivity contribution in [3.8, 4) is 0 Å². The van der Waals surface area contributed by atoms with E-state index in [0.29, 0.717) is 24.1 Å². The van der Waals surface area contributed by atoms with Crippen LogP contribution in [0.1, 0.15) is 54.0 Å². The van der Waals surface area contributed by atoms with Crippen LogP contribution < -0.4 is 0 Å². The topological polar surface area (TPSA) is 29.5 Å². The van der Waals surface area contributed by atoms with Gasteiger partial charge in [0.05, 0.1) is 29.4 Å². The van der Waals surface area contributed by atoms with Crippen molar-refractivity contribution in [3.63, 3.8) is 0 Å². The Morgan fingerprint density at radius 1 is 0.971 bits per heavy atom. The third kappa shape index (κ3) is 5.07. The first-order valence-corrected chi connectivity index (χ1v) is 10.9. The molecule has 2 aromatic rings. The van der Waals surface area contributed by atoms with Crippen LogP contribution in [0.4, 0.5) is 30.7 Å². The predicted molar refractivity (Wildman–Crippen MR) is 113 cm³/mol. The van der Waals surface area contributed by atoms with Crippen LogP contribution in [0.15, 0.2) is 54.6 Å². The third-order valence-corrected chi connectivity index (χ3v) is 6.56. The molecule has 0 unspecified atom stereocenters. The first-order chi connectivity index (χ1) is 16.3. The predicted octanol–water partition coefficient (Wildman–Crippen LogP) is 6.65. The van der Waals surface area contributed by atoms with E-state index in [4.69, 9.17) is 4.74 Å². The highest BCUT2D eigenvalue weighted by atomic mass is 19.4. The number of nitrogens with zero attached hydrogens (tertiary/aromatic N) is 1. The van der Waals surface area contributed by atoms with E-state index in [1.54, 1.807) is 4.90 Å². The van der Waals surface area contributed by atoms with E-state index in [1.807, 2.05) is 0 Å². The minimum atomic E-state index is -4.98. The molecule has 3 nitrogen and oxygen atoms in total. The highest BCUT2D eigenvalue weighted by Gasteiger charge is 2.49. The maximum Gasteiger partial charge on any atom is 0.416 e. The maximum absolute atomic E-state index is 13.5. The molecule has 1 amide bonds. The summed E-state index contributed by atoms with van der Waals surface area (Å²) in [4.78, 5) is 14.2. The first kappa shape index (κ1) is 25.2. The molecule has 0 N–H and O–H groups in total. The fourth-order valence-electron chi connectivity index (χ4n) is 4.87. The lowest BCUT2D eigenvalue weighted by Crippen LogP contribution is -2.42.